The van der Waals surface area contributed by atoms with Gasteiger partial charge in [-0.1, -0.05) is 18.2 Å². The molecule has 1 amide bonds. The maximum atomic E-state index is 12.1. The molecule has 1 N–H and O–H groups in total. The first-order chi connectivity index (χ1) is 13.3. The third kappa shape index (κ3) is 4.98. The molecule has 1 aliphatic heterocycles. The zero-order valence-electron chi connectivity index (χ0n) is 14.8. The Bertz CT molecular complexity index is 889. The Hall–Kier alpha value is -2.13. The summed E-state index contributed by atoms with van der Waals surface area (Å²) >= 11 is 2.98. The third-order valence-electron chi connectivity index (χ3n) is 4.26. The molecule has 3 aromatic rings. The van der Waals surface area contributed by atoms with E-state index in [1.165, 1.54) is 16.9 Å². The quantitative estimate of drug-likeness (QED) is 0.688. The summed E-state index contributed by atoms with van der Waals surface area (Å²) in [4.78, 5) is 23.2. The lowest BCUT2D eigenvalue weighted by molar-refractivity contribution is -0.115. The van der Waals surface area contributed by atoms with E-state index >= 15 is 0 Å². The van der Waals surface area contributed by atoms with Crippen molar-refractivity contribution >= 4 is 33.7 Å². The molecule has 2 aromatic heterocycles. The molecule has 3 heterocycles. The van der Waals surface area contributed by atoms with E-state index in [4.69, 9.17) is 4.74 Å². The topological polar surface area (TPSA) is 67.4 Å². The molecule has 0 aliphatic carbocycles. The Morgan fingerprint density at radius 2 is 2.15 bits per heavy atom. The van der Waals surface area contributed by atoms with Crippen LogP contribution < -0.4 is 5.32 Å². The number of carbonyl (C=O) groups is 1. The summed E-state index contributed by atoms with van der Waals surface area (Å²) in [5.41, 5.74) is 3.15. The van der Waals surface area contributed by atoms with Crippen LogP contribution in [0.3, 0.4) is 0 Å². The standard InChI is InChI=1S/C19H20N4O2S2/c24-17(22-19-20-4-9-26-19)11-16-13-27-18(21-16)15-3-1-2-14(10-15)12-23-5-7-25-8-6-23/h1-4,9-10,13H,5-8,11-12H2,(H,20,22,24). The lowest BCUT2D eigenvalue weighted by Crippen LogP contribution is -2.35. The molecule has 140 valence electrons. The van der Waals surface area contributed by atoms with Crippen LogP contribution in [0.5, 0.6) is 0 Å². The van der Waals surface area contributed by atoms with E-state index in [1.807, 2.05) is 10.8 Å². The van der Waals surface area contributed by atoms with Crippen molar-refractivity contribution in [1.29, 1.82) is 0 Å². The highest BCUT2D eigenvalue weighted by atomic mass is 32.1. The first kappa shape index (κ1) is 18.2. The number of ether oxygens (including phenoxy) is 1. The Kier molecular flexibility index (Phi) is 5.88. The normalized spacial score (nSPS) is 15.0. The highest BCUT2D eigenvalue weighted by Crippen LogP contribution is 2.25. The van der Waals surface area contributed by atoms with E-state index in [1.54, 1.807) is 17.5 Å². The Morgan fingerprint density at radius 1 is 1.26 bits per heavy atom. The fourth-order valence-corrected chi connectivity index (χ4v) is 4.32. The molecule has 0 saturated carbocycles. The van der Waals surface area contributed by atoms with Gasteiger partial charge in [0.1, 0.15) is 5.01 Å². The summed E-state index contributed by atoms with van der Waals surface area (Å²) in [7, 11) is 0. The lowest BCUT2D eigenvalue weighted by atomic mass is 10.1. The first-order valence-electron chi connectivity index (χ1n) is 8.79. The second-order valence-electron chi connectivity index (χ2n) is 6.30. The van der Waals surface area contributed by atoms with Crippen LogP contribution in [-0.2, 0) is 22.5 Å². The summed E-state index contributed by atoms with van der Waals surface area (Å²) in [6, 6.07) is 8.48. The number of amides is 1. The van der Waals surface area contributed by atoms with Gasteiger partial charge in [0, 0.05) is 42.2 Å². The SMILES string of the molecule is O=C(Cc1csc(-c2cccc(CN3CCOCC3)c2)n1)Nc1nccs1. The van der Waals surface area contributed by atoms with Crippen LogP contribution in [0.2, 0.25) is 0 Å². The van der Waals surface area contributed by atoms with Crippen molar-refractivity contribution in [3.63, 3.8) is 0 Å². The zero-order valence-corrected chi connectivity index (χ0v) is 16.4. The highest BCUT2D eigenvalue weighted by Gasteiger charge is 2.13. The van der Waals surface area contributed by atoms with Gasteiger partial charge in [-0.3, -0.25) is 9.69 Å². The minimum Gasteiger partial charge on any atom is -0.379 e. The van der Waals surface area contributed by atoms with Crippen LogP contribution in [0.4, 0.5) is 5.13 Å². The summed E-state index contributed by atoms with van der Waals surface area (Å²) in [5, 5.41) is 8.13. The van der Waals surface area contributed by atoms with E-state index < -0.39 is 0 Å². The molecule has 1 aromatic carbocycles. The fourth-order valence-electron chi connectivity index (χ4n) is 2.95. The number of anilines is 1. The number of hydrogen-bond donors (Lipinski definition) is 1. The first-order valence-corrected chi connectivity index (χ1v) is 10.6. The van der Waals surface area contributed by atoms with E-state index in [-0.39, 0.29) is 12.3 Å². The molecule has 6 nitrogen and oxygen atoms in total. The summed E-state index contributed by atoms with van der Waals surface area (Å²) in [5.74, 6) is -0.0946. The molecule has 1 aliphatic rings. The zero-order chi connectivity index (χ0) is 18.5. The number of hydrogen-bond acceptors (Lipinski definition) is 7. The van der Waals surface area contributed by atoms with E-state index in [0.29, 0.717) is 5.13 Å². The predicted octanol–water partition coefficient (Wildman–Crippen LogP) is 3.28. The van der Waals surface area contributed by atoms with Crippen LogP contribution in [-0.4, -0.2) is 47.1 Å². The Morgan fingerprint density at radius 3 is 2.96 bits per heavy atom. The van der Waals surface area contributed by atoms with E-state index in [9.17, 15) is 4.79 Å². The molecule has 0 radical (unpaired) electrons. The number of nitrogens with zero attached hydrogens (tertiary/aromatic N) is 3. The fraction of sp³-hybridized carbons (Fsp3) is 0.316. The Labute approximate surface area is 165 Å². The van der Waals surface area contributed by atoms with Gasteiger partial charge in [0.2, 0.25) is 5.91 Å². The van der Waals surface area contributed by atoms with Crippen molar-refractivity contribution in [2.24, 2.45) is 0 Å². The number of aromatic nitrogens is 2. The number of nitrogens with one attached hydrogen (secondary N) is 1. The maximum absolute atomic E-state index is 12.1. The Balaban J connectivity index is 1.40. The van der Waals surface area contributed by atoms with Gasteiger partial charge in [0.15, 0.2) is 5.13 Å². The molecular weight excluding hydrogens is 380 g/mol. The number of thiazole rings is 2. The van der Waals surface area contributed by atoms with Gasteiger partial charge in [0.05, 0.1) is 25.3 Å². The molecule has 0 atom stereocenters. The second-order valence-corrected chi connectivity index (χ2v) is 8.05. The van der Waals surface area contributed by atoms with Crippen molar-refractivity contribution in [3.8, 4) is 10.6 Å². The number of benzene rings is 1. The maximum Gasteiger partial charge on any atom is 0.232 e. The van der Waals surface area contributed by atoms with Crippen LogP contribution >= 0.6 is 22.7 Å². The summed E-state index contributed by atoms with van der Waals surface area (Å²) in [6.07, 6.45) is 1.93. The predicted molar refractivity (Wildman–Crippen MR) is 108 cm³/mol. The molecule has 27 heavy (non-hydrogen) atoms. The van der Waals surface area contributed by atoms with Crippen LogP contribution in [0.25, 0.3) is 10.6 Å². The monoisotopic (exact) mass is 400 g/mol. The van der Waals surface area contributed by atoms with Crippen LogP contribution in [0, 0.1) is 0 Å². The van der Waals surface area contributed by atoms with Gasteiger partial charge < -0.3 is 10.1 Å². The van der Waals surface area contributed by atoms with Crippen molar-refractivity contribution in [2.75, 3.05) is 31.6 Å². The summed E-state index contributed by atoms with van der Waals surface area (Å²) < 4.78 is 5.41. The molecule has 0 unspecified atom stereocenters. The minimum absolute atomic E-state index is 0.0946. The number of morpholine rings is 1. The largest absolute Gasteiger partial charge is 0.379 e. The van der Waals surface area contributed by atoms with Crippen molar-refractivity contribution in [3.05, 3.63) is 52.5 Å². The van der Waals surface area contributed by atoms with Crippen LogP contribution in [0.15, 0.2) is 41.2 Å². The lowest BCUT2D eigenvalue weighted by Gasteiger charge is -2.26. The molecule has 1 fully saturated rings. The van der Waals surface area contributed by atoms with Gasteiger partial charge >= 0.3 is 0 Å². The molecule has 0 bridgehead atoms. The molecule has 8 heteroatoms. The molecule has 0 spiro atoms. The average molecular weight is 401 g/mol. The molecule has 1 saturated heterocycles. The van der Waals surface area contributed by atoms with Crippen LogP contribution in [0.1, 0.15) is 11.3 Å². The second kappa shape index (κ2) is 8.71. The molecular formula is C19H20N4O2S2. The van der Waals surface area contributed by atoms with Gasteiger partial charge in [-0.15, -0.1) is 22.7 Å². The highest BCUT2D eigenvalue weighted by molar-refractivity contribution is 7.13. The van der Waals surface area contributed by atoms with Crippen molar-refractivity contribution in [1.82, 2.24) is 14.9 Å². The van der Waals surface area contributed by atoms with Crippen molar-refractivity contribution < 1.29 is 9.53 Å². The number of carbonyl (C=O) groups excluding carboxylic acids is 1. The summed E-state index contributed by atoms with van der Waals surface area (Å²) in [6.45, 7) is 4.47. The number of rotatable bonds is 6. The van der Waals surface area contributed by atoms with Gasteiger partial charge in [-0.2, -0.15) is 0 Å². The van der Waals surface area contributed by atoms with Gasteiger partial charge in [-0.25, -0.2) is 9.97 Å². The van der Waals surface area contributed by atoms with Gasteiger partial charge in [0.25, 0.3) is 0 Å². The third-order valence-corrected chi connectivity index (χ3v) is 5.88. The minimum atomic E-state index is -0.0946. The molecule has 4 rings (SSSR count). The van der Waals surface area contributed by atoms with E-state index in [0.717, 1.165) is 49.1 Å². The van der Waals surface area contributed by atoms with Crippen molar-refractivity contribution in [2.45, 2.75) is 13.0 Å². The smallest absolute Gasteiger partial charge is 0.232 e. The average Bonchev–Trinajstić information content (AvgIpc) is 3.35. The van der Waals surface area contributed by atoms with E-state index in [2.05, 4.69) is 44.5 Å². The van der Waals surface area contributed by atoms with Gasteiger partial charge in [-0.05, 0) is 11.6 Å².